The fourth-order valence-corrected chi connectivity index (χ4v) is 17.1. The van der Waals surface area contributed by atoms with E-state index in [-0.39, 0.29) is 0 Å². The molecule has 0 aliphatic rings. The zero-order chi connectivity index (χ0) is 13.7. The van der Waals surface area contributed by atoms with E-state index < -0.39 is 16.5 Å². The van der Waals surface area contributed by atoms with Gasteiger partial charge in [0.05, 0.1) is 0 Å². The van der Waals surface area contributed by atoms with Gasteiger partial charge in [-0.1, -0.05) is 53.9 Å². The predicted molar refractivity (Wildman–Crippen MR) is 85.6 cm³/mol. The molecule has 0 aromatic heterocycles. The van der Waals surface area contributed by atoms with Crippen LogP contribution in [0.25, 0.3) is 0 Å². The van der Waals surface area contributed by atoms with Gasteiger partial charge < -0.3 is 9.13 Å². The van der Waals surface area contributed by atoms with Crippen molar-refractivity contribution in [1.82, 2.24) is 9.13 Å². The van der Waals surface area contributed by atoms with Crippen LogP contribution in [0.1, 0.15) is 27.7 Å². The van der Waals surface area contributed by atoms with Crippen LogP contribution in [0, 0.1) is 0 Å². The van der Waals surface area contributed by atoms with Crippen molar-refractivity contribution >= 4 is 16.5 Å². The van der Waals surface area contributed by atoms with Crippen LogP contribution in [-0.4, -0.2) is 51.8 Å². The summed E-state index contributed by atoms with van der Waals surface area (Å²) in [7, 11) is -2.42. The second-order valence-electron chi connectivity index (χ2n) is 6.15. The van der Waals surface area contributed by atoms with Crippen LogP contribution in [0.15, 0.2) is 0 Å². The van der Waals surface area contributed by atoms with Crippen molar-refractivity contribution in [2.75, 3.05) is 26.2 Å². The van der Waals surface area contributed by atoms with Crippen LogP contribution in [0.3, 0.4) is 0 Å². The molecule has 0 unspecified atom stereocenters. The molecule has 0 saturated carbocycles. The van der Waals surface area contributed by atoms with Gasteiger partial charge in [0.2, 0.25) is 0 Å². The van der Waals surface area contributed by atoms with Crippen molar-refractivity contribution in [3.05, 3.63) is 0 Å². The molecule has 0 aromatic rings. The first-order valence-electron chi connectivity index (χ1n) is 7.25. The molecule has 0 aliphatic heterocycles. The lowest BCUT2D eigenvalue weighted by molar-refractivity contribution is 0.453. The Labute approximate surface area is 112 Å². The summed E-state index contributed by atoms with van der Waals surface area (Å²) in [4.78, 5) is 0. The lowest BCUT2D eigenvalue weighted by Gasteiger charge is -2.44. The summed E-state index contributed by atoms with van der Waals surface area (Å²) in [6, 6.07) is 0. The quantitative estimate of drug-likeness (QED) is 0.624. The van der Waals surface area contributed by atoms with Gasteiger partial charge in [-0.25, -0.2) is 0 Å². The first-order chi connectivity index (χ1) is 7.75. The SMILES string of the molecule is CCN(CC)[Si](C)(C)C[Si](C)(C)N(CC)CC. The van der Waals surface area contributed by atoms with Crippen molar-refractivity contribution < 1.29 is 0 Å². The van der Waals surface area contributed by atoms with Gasteiger partial charge in [-0.05, 0) is 31.8 Å². The van der Waals surface area contributed by atoms with E-state index in [2.05, 4.69) is 63.0 Å². The molecule has 0 bridgehead atoms. The van der Waals surface area contributed by atoms with E-state index >= 15 is 0 Å². The van der Waals surface area contributed by atoms with E-state index in [9.17, 15) is 0 Å². The highest BCUT2D eigenvalue weighted by Crippen LogP contribution is 2.25. The number of nitrogens with zero attached hydrogens (tertiary/aromatic N) is 2. The van der Waals surface area contributed by atoms with Gasteiger partial charge >= 0.3 is 0 Å². The molecule has 0 aromatic carbocycles. The molecule has 0 fully saturated rings. The summed E-state index contributed by atoms with van der Waals surface area (Å²) in [6.45, 7) is 24.3. The summed E-state index contributed by atoms with van der Waals surface area (Å²) in [6.07, 6.45) is 0. The lowest BCUT2D eigenvalue weighted by atomic mass is 10.7. The molecular weight excluding hydrogens is 240 g/mol. The Morgan fingerprint density at radius 3 is 1.00 bits per heavy atom. The molecule has 17 heavy (non-hydrogen) atoms. The van der Waals surface area contributed by atoms with E-state index in [1.807, 2.05) is 0 Å². The summed E-state index contributed by atoms with van der Waals surface area (Å²) in [5, 5.41) is 0. The van der Waals surface area contributed by atoms with Crippen LogP contribution in [-0.2, 0) is 0 Å². The van der Waals surface area contributed by atoms with E-state index in [1.54, 1.807) is 0 Å². The Kier molecular flexibility index (Phi) is 7.22. The standard InChI is InChI=1S/C13H34N2Si2/c1-9-14(10-2)16(5,6)13-17(7,8)15(11-3)12-4/h9-13H2,1-8H3. The molecule has 0 spiro atoms. The van der Waals surface area contributed by atoms with Crippen LogP contribution in [0.2, 0.25) is 31.9 Å². The average molecular weight is 275 g/mol. The van der Waals surface area contributed by atoms with Crippen molar-refractivity contribution in [3.8, 4) is 0 Å². The highest BCUT2D eigenvalue weighted by Gasteiger charge is 2.38. The minimum Gasteiger partial charge on any atom is -0.324 e. The first kappa shape index (κ1) is 17.4. The Bertz CT molecular complexity index is 187. The maximum Gasteiger partial charge on any atom is 0.120 e. The van der Waals surface area contributed by atoms with Crippen molar-refractivity contribution in [1.29, 1.82) is 0 Å². The molecule has 0 aliphatic carbocycles. The monoisotopic (exact) mass is 274 g/mol. The van der Waals surface area contributed by atoms with Crippen LogP contribution in [0.5, 0.6) is 0 Å². The van der Waals surface area contributed by atoms with Gasteiger partial charge in [-0.3, -0.25) is 0 Å². The maximum absolute atomic E-state index is 2.74. The predicted octanol–water partition coefficient (Wildman–Crippen LogP) is 3.62. The minimum atomic E-state index is -1.21. The zero-order valence-corrected chi connectivity index (χ0v) is 15.4. The third kappa shape index (κ3) is 4.85. The third-order valence-corrected chi connectivity index (χ3v) is 15.7. The molecule has 0 radical (unpaired) electrons. The Morgan fingerprint density at radius 1 is 0.588 bits per heavy atom. The molecule has 0 amide bonds. The summed E-state index contributed by atoms with van der Waals surface area (Å²) >= 11 is 0. The van der Waals surface area contributed by atoms with Gasteiger partial charge in [0, 0.05) is 0 Å². The molecule has 104 valence electrons. The molecule has 0 atom stereocenters. The summed E-state index contributed by atoms with van der Waals surface area (Å²) in [5.41, 5.74) is 1.49. The molecule has 0 saturated heterocycles. The molecule has 2 nitrogen and oxygen atoms in total. The van der Waals surface area contributed by atoms with Gasteiger partial charge in [-0.2, -0.15) is 0 Å². The molecular formula is C13H34N2Si2. The Balaban J connectivity index is 4.78. The van der Waals surface area contributed by atoms with E-state index in [1.165, 1.54) is 31.8 Å². The van der Waals surface area contributed by atoms with E-state index in [0.717, 1.165) is 0 Å². The van der Waals surface area contributed by atoms with Gasteiger partial charge in [0.25, 0.3) is 0 Å². The van der Waals surface area contributed by atoms with Gasteiger partial charge in [-0.15, -0.1) is 0 Å². The average Bonchev–Trinajstić information content (AvgIpc) is 2.18. The smallest absolute Gasteiger partial charge is 0.120 e. The number of rotatable bonds is 8. The maximum atomic E-state index is 2.74. The third-order valence-electron chi connectivity index (χ3n) is 4.10. The van der Waals surface area contributed by atoms with Crippen molar-refractivity contribution in [2.45, 2.75) is 59.6 Å². The molecule has 4 heteroatoms. The fourth-order valence-electron chi connectivity index (χ4n) is 3.44. The molecule has 0 heterocycles. The lowest BCUT2D eigenvalue weighted by Crippen LogP contribution is -2.59. The van der Waals surface area contributed by atoms with E-state index in [4.69, 9.17) is 0 Å². The summed E-state index contributed by atoms with van der Waals surface area (Å²) in [5.74, 6) is 0. The first-order valence-corrected chi connectivity index (χ1v) is 13.6. The van der Waals surface area contributed by atoms with E-state index in [0.29, 0.717) is 0 Å². The second kappa shape index (κ2) is 7.07. The van der Waals surface area contributed by atoms with Crippen LogP contribution < -0.4 is 0 Å². The molecule has 0 rings (SSSR count). The zero-order valence-electron chi connectivity index (χ0n) is 13.4. The van der Waals surface area contributed by atoms with Crippen LogP contribution in [0.4, 0.5) is 0 Å². The highest BCUT2D eigenvalue weighted by molar-refractivity contribution is 6.92. The Hall–Kier alpha value is 0.354. The normalized spacial score (nSPS) is 13.8. The van der Waals surface area contributed by atoms with Crippen molar-refractivity contribution in [2.24, 2.45) is 0 Å². The highest BCUT2D eigenvalue weighted by atomic mass is 28.4. The van der Waals surface area contributed by atoms with Gasteiger partial charge in [0.1, 0.15) is 16.5 Å². The number of hydrogen-bond donors (Lipinski definition) is 0. The van der Waals surface area contributed by atoms with Crippen molar-refractivity contribution in [3.63, 3.8) is 0 Å². The Morgan fingerprint density at radius 2 is 0.824 bits per heavy atom. The summed E-state index contributed by atoms with van der Waals surface area (Å²) < 4.78 is 5.48. The van der Waals surface area contributed by atoms with Crippen LogP contribution >= 0.6 is 0 Å². The molecule has 0 N–H and O–H groups in total. The largest absolute Gasteiger partial charge is 0.324 e. The minimum absolute atomic E-state index is 1.21. The number of hydrogen-bond acceptors (Lipinski definition) is 2. The van der Waals surface area contributed by atoms with Gasteiger partial charge in [0.15, 0.2) is 0 Å². The second-order valence-corrected chi connectivity index (χ2v) is 16.1. The topological polar surface area (TPSA) is 6.48 Å². The fraction of sp³-hybridized carbons (Fsp3) is 1.00.